The number of rotatable bonds is 6. The largest absolute Gasteiger partial charge is 0.344 e. The number of pyridine rings is 1. The lowest BCUT2D eigenvalue weighted by Gasteiger charge is -2.27. The Bertz CT molecular complexity index is 604. The van der Waals surface area contributed by atoms with Gasteiger partial charge in [-0.3, -0.25) is 14.6 Å². The molecule has 1 aromatic rings. The van der Waals surface area contributed by atoms with Crippen molar-refractivity contribution >= 4 is 23.6 Å². The molecule has 0 bridgehead atoms. The monoisotopic (exact) mass is 347 g/mol. The van der Waals surface area contributed by atoms with Gasteiger partial charge in [-0.15, -0.1) is 11.8 Å². The molecule has 24 heavy (non-hydrogen) atoms. The van der Waals surface area contributed by atoms with Gasteiger partial charge in [0.2, 0.25) is 5.91 Å². The van der Waals surface area contributed by atoms with E-state index in [9.17, 15) is 9.59 Å². The lowest BCUT2D eigenvalue weighted by atomic mass is 10.1. The zero-order chi connectivity index (χ0) is 17.5. The molecule has 0 spiro atoms. The quantitative estimate of drug-likeness (QED) is 0.741. The molecule has 1 aliphatic heterocycles. The van der Waals surface area contributed by atoms with Gasteiger partial charge in [-0.25, -0.2) is 0 Å². The van der Waals surface area contributed by atoms with Crippen LogP contribution in [-0.2, 0) is 16.0 Å². The van der Waals surface area contributed by atoms with Gasteiger partial charge in [-0.2, -0.15) is 0 Å². The predicted molar refractivity (Wildman–Crippen MR) is 97.6 cm³/mol. The van der Waals surface area contributed by atoms with Gasteiger partial charge in [-0.1, -0.05) is 13.0 Å². The number of thioether (sulfide) groups is 1. The summed E-state index contributed by atoms with van der Waals surface area (Å²) in [7, 11) is 1.81. The molecule has 1 atom stereocenters. The summed E-state index contributed by atoms with van der Waals surface area (Å²) in [6.07, 6.45) is 7.04. The van der Waals surface area contributed by atoms with E-state index >= 15 is 0 Å². The number of carbonyl (C=O) groups excluding carboxylic acids is 2. The number of likely N-dealkylation sites (N-methyl/N-ethyl adjacent to an activating group) is 1. The van der Waals surface area contributed by atoms with Gasteiger partial charge in [0.15, 0.2) is 0 Å². The summed E-state index contributed by atoms with van der Waals surface area (Å²) in [5.74, 6) is 1.25. The molecule has 1 fully saturated rings. The predicted octanol–water partition coefficient (Wildman–Crippen LogP) is 2.34. The van der Waals surface area contributed by atoms with Gasteiger partial charge in [0.1, 0.15) is 6.04 Å². The van der Waals surface area contributed by atoms with Crippen molar-refractivity contribution < 1.29 is 9.59 Å². The zero-order valence-electron chi connectivity index (χ0n) is 14.6. The van der Waals surface area contributed by atoms with Crippen molar-refractivity contribution in [3.05, 3.63) is 41.7 Å². The third-order valence-electron chi connectivity index (χ3n) is 4.14. The zero-order valence-corrected chi connectivity index (χ0v) is 15.4. The normalized spacial score (nSPS) is 17.9. The summed E-state index contributed by atoms with van der Waals surface area (Å²) in [5, 5.41) is 0. The summed E-state index contributed by atoms with van der Waals surface area (Å²) >= 11 is 1.64. The maximum Gasteiger partial charge on any atom is 0.250 e. The van der Waals surface area contributed by atoms with Crippen LogP contribution < -0.4 is 0 Å². The first kappa shape index (κ1) is 18.5. The van der Waals surface area contributed by atoms with Crippen LogP contribution in [0.25, 0.3) is 0 Å². The van der Waals surface area contributed by atoms with Crippen molar-refractivity contribution in [3.8, 4) is 0 Å². The Morgan fingerprint density at radius 3 is 2.79 bits per heavy atom. The number of carbonyl (C=O) groups is 2. The van der Waals surface area contributed by atoms with Crippen molar-refractivity contribution in [2.24, 2.45) is 0 Å². The van der Waals surface area contributed by atoms with Crippen molar-refractivity contribution in [2.45, 2.75) is 32.7 Å². The van der Waals surface area contributed by atoms with Crippen LogP contribution in [0.1, 0.15) is 25.8 Å². The lowest BCUT2D eigenvalue weighted by molar-refractivity contribution is -0.140. The van der Waals surface area contributed by atoms with E-state index in [1.807, 2.05) is 39.1 Å². The van der Waals surface area contributed by atoms with Crippen molar-refractivity contribution in [3.63, 3.8) is 0 Å². The summed E-state index contributed by atoms with van der Waals surface area (Å²) in [6.45, 7) is 4.46. The average Bonchev–Trinajstić information content (AvgIpc) is 3.09. The molecule has 6 heteroatoms. The molecule has 1 aliphatic rings. The average molecular weight is 347 g/mol. The molecule has 1 aromatic heterocycles. The van der Waals surface area contributed by atoms with E-state index in [4.69, 9.17) is 0 Å². The molecule has 1 saturated heterocycles. The number of allylic oxidation sites excluding steroid dienone is 1. The SMILES string of the molecule is CC/C=C(/C)C(=O)N1CSC[C@@H]1C(=O)N(C)CCc1ccncc1. The van der Waals surface area contributed by atoms with Crippen LogP contribution in [-0.4, -0.2) is 57.9 Å². The second-order valence-electron chi connectivity index (χ2n) is 5.95. The Kier molecular flexibility index (Phi) is 6.85. The lowest BCUT2D eigenvalue weighted by Crippen LogP contribution is -2.48. The molecule has 2 amide bonds. The first-order valence-corrected chi connectivity index (χ1v) is 9.39. The van der Waals surface area contributed by atoms with Gasteiger partial charge in [0, 0.05) is 37.3 Å². The molecule has 0 unspecified atom stereocenters. The van der Waals surface area contributed by atoms with E-state index in [1.54, 1.807) is 34.0 Å². The minimum atomic E-state index is -0.356. The van der Waals surface area contributed by atoms with E-state index in [1.165, 1.54) is 0 Å². The van der Waals surface area contributed by atoms with Crippen molar-refractivity contribution in [1.82, 2.24) is 14.8 Å². The smallest absolute Gasteiger partial charge is 0.250 e. The van der Waals surface area contributed by atoms with E-state index in [0.717, 1.165) is 24.0 Å². The molecule has 130 valence electrons. The highest BCUT2D eigenvalue weighted by Gasteiger charge is 2.36. The molecule has 0 radical (unpaired) electrons. The fraction of sp³-hybridized carbons (Fsp3) is 0.500. The maximum absolute atomic E-state index is 12.7. The second kappa shape index (κ2) is 8.87. The molecule has 2 heterocycles. The maximum atomic E-state index is 12.7. The fourth-order valence-corrected chi connectivity index (χ4v) is 3.82. The molecule has 0 saturated carbocycles. The van der Waals surface area contributed by atoms with Crippen LogP contribution >= 0.6 is 11.8 Å². The number of nitrogens with zero attached hydrogens (tertiary/aromatic N) is 3. The van der Waals surface area contributed by atoms with E-state index in [-0.39, 0.29) is 17.9 Å². The van der Waals surface area contributed by atoms with Gasteiger partial charge in [0.05, 0.1) is 5.88 Å². The van der Waals surface area contributed by atoms with E-state index < -0.39 is 0 Å². The summed E-state index contributed by atoms with van der Waals surface area (Å²) < 4.78 is 0. The van der Waals surface area contributed by atoms with Gasteiger partial charge in [-0.05, 0) is 37.5 Å². The molecule has 2 rings (SSSR count). The highest BCUT2D eigenvalue weighted by atomic mass is 32.2. The third-order valence-corrected chi connectivity index (χ3v) is 5.15. The Morgan fingerprint density at radius 1 is 1.42 bits per heavy atom. The molecule has 5 nitrogen and oxygen atoms in total. The summed E-state index contributed by atoms with van der Waals surface area (Å²) in [4.78, 5) is 32.7. The first-order chi connectivity index (χ1) is 11.5. The summed E-state index contributed by atoms with van der Waals surface area (Å²) in [6, 6.07) is 3.56. The van der Waals surface area contributed by atoms with E-state index in [2.05, 4.69) is 4.98 Å². The summed E-state index contributed by atoms with van der Waals surface area (Å²) in [5.41, 5.74) is 1.87. The molecular formula is C18H25N3O2S. The van der Waals surface area contributed by atoms with Crippen LogP contribution in [0.5, 0.6) is 0 Å². The van der Waals surface area contributed by atoms with Crippen LogP contribution in [0, 0.1) is 0 Å². The Balaban J connectivity index is 1.96. The van der Waals surface area contributed by atoms with E-state index in [0.29, 0.717) is 18.2 Å². The van der Waals surface area contributed by atoms with Gasteiger partial charge < -0.3 is 9.80 Å². The van der Waals surface area contributed by atoms with Crippen LogP contribution in [0.3, 0.4) is 0 Å². The topological polar surface area (TPSA) is 53.5 Å². The highest BCUT2D eigenvalue weighted by molar-refractivity contribution is 7.99. The van der Waals surface area contributed by atoms with Crippen LogP contribution in [0.2, 0.25) is 0 Å². The standard InChI is InChI=1S/C18H25N3O2S/c1-4-5-14(2)17(22)21-13-24-12-16(21)18(23)20(3)11-8-15-6-9-19-10-7-15/h5-7,9-10,16H,4,8,11-13H2,1-3H3/b14-5-/t16-/m1/s1. The van der Waals surface area contributed by atoms with Crippen molar-refractivity contribution in [1.29, 1.82) is 0 Å². The number of hydrogen-bond acceptors (Lipinski definition) is 4. The number of amides is 2. The minimum Gasteiger partial charge on any atom is -0.344 e. The molecule has 0 aliphatic carbocycles. The minimum absolute atomic E-state index is 0.0201. The second-order valence-corrected chi connectivity index (χ2v) is 6.95. The Labute approximate surface area is 148 Å². The third kappa shape index (κ3) is 4.60. The Morgan fingerprint density at radius 2 is 2.12 bits per heavy atom. The first-order valence-electron chi connectivity index (χ1n) is 8.24. The van der Waals surface area contributed by atoms with Gasteiger partial charge in [0.25, 0.3) is 5.91 Å². The molecular weight excluding hydrogens is 322 g/mol. The number of aromatic nitrogens is 1. The highest BCUT2D eigenvalue weighted by Crippen LogP contribution is 2.24. The van der Waals surface area contributed by atoms with Crippen LogP contribution in [0.15, 0.2) is 36.2 Å². The fourth-order valence-electron chi connectivity index (χ4n) is 2.68. The van der Waals surface area contributed by atoms with Crippen molar-refractivity contribution in [2.75, 3.05) is 25.2 Å². The van der Waals surface area contributed by atoms with Crippen LogP contribution in [0.4, 0.5) is 0 Å². The number of hydrogen-bond donors (Lipinski definition) is 0. The molecule has 0 N–H and O–H groups in total. The Hall–Kier alpha value is -1.82. The van der Waals surface area contributed by atoms with Gasteiger partial charge >= 0.3 is 0 Å². The molecule has 0 aromatic carbocycles.